The molecule has 1 aliphatic heterocycles. The Morgan fingerprint density at radius 3 is 2.79 bits per heavy atom. The minimum Gasteiger partial charge on any atom is -0.379 e. The first-order valence-corrected chi connectivity index (χ1v) is 8.61. The highest BCUT2D eigenvalue weighted by Crippen LogP contribution is 2.26. The van der Waals surface area contributed by atoms with E-state index in [4.69, 9.17) is 15.4 Å². The van der Waals surface area contributed by atoms with E-state index in [1.807, 2.05) is 0 Å². The molecule has 1 amide bonds. The SMILES string of the molecule is O=C(NC1CCOC1)c1ccc(Br)c(S(=O)(=O)Cl)c1. The summed E-state index contributed by atoms with van der Waals surface area (Å²) in [6, 6.07) is 4.22. The zero-order chi connectivity index (χ0) is 14.0. The number of ether oxygens (including phenoxy) is 1. The third-order valence-electron chi connectivity index (χ3n) is 2.72. The van der Waals surface area contributed by atoms with Crippen LogP contribution < -0.4 is 5.32 Å². The fourth-order valence-corrected chi connectivity index (χ4v) is 3.87. The predicted molar refractivity (Wildman–Crippen MR) is 73.9 cm³/mol. The van der Waals surface area contributed by atoms with E-state index in [-0.39, 0.29) is 22.4 Å². The maximum absolute atomic E-state index is 12.0. The van der Waals surface area contributed by atoms with Gasteiger partial charge in [0.05, 0.1) is 17.5 Å². The summed E-state index contributed by atoms with van der Waals surface area (Å²) in [5, 5.41) is 2.78. The number of halogens is 2. The molecule has 0 radical (unpaired) electrons. The van der Waals surface area contributed by atoms with E-state index in [2.05, 4.69) is 21.2 Å². The molecule has 0 bridgehead atoms. The average molecular weight is 369 g/mol. The highest BCUT2D eigenvalue weighted by molar-refractivity contribution is 9.10. The molecule has 1 unspecified atom stereocenters. The maximum Gasteiger partial charge on any atom is 0.262 e. The number of hydrogen-bond donors (Lipinski definition) is 1. The summed E-state index contributed by atoms with van der Waals surface area (Å²) in [5.41, 5.74) is 0.245. The molecule has 1 aliphatic rings. The Bertz CT molecular complexity index is 599. The quantitative estimate of drug-likeness (QED) is 0.827. The molecule has 1 N–H and O–H groups in total. The maximum atomic E-state index is 12.0. The summed E-state index contributed by atoms with van der Waals surface area (Å²) in [6.07, 6.45) is 0.753. The Kier molecular flexibility index (Phi) is 4.50. The van der Waals surface area contributed by atoms with Crippen molar-refractivity contribution in [2.24, 2.45) is 0 Å². The van der Waals surface area contributed by atoms with Gasteiger partial charge in [-0.25, -0.2) is 8.42 Å². The second-order valence-electron chi connectivity index (χ2n) is 4.12. The Hall–Kier alpha value is -0.630. The highest BCUT2D eigenvalue weighted by Gasteiger charge is 2.21. The lowest BCUT2D eigenvalue weighted by atomic mass is 10.2. The molecule has 1 aromatic carbocycles. The first kappa shape index (κ1) is 14.8. The Labute approximate surface area is 123 Å². The molecule has 19 heavy (non-hydrogen) atoms. The van der Waals surface area contributed by atoms with Gasteiger partial charge in [0.2, 0.25) is 0 Å². The van der Waals surface area contributed by atoms with E-state index in [0.717, 1.165) is 6.42 Å². The standard InChI is InChI=1S/C11H11BrClNO4S/c12-9-2-1-7(5-10(9)19(13,16)17)11(15)14-8-3-4-18-6-8/h1-2,5,8H,3-4,6H2,(H,14,15). The van der Waals surface area contributed by atoms with E-state index in [9.17, 15) is 13.2 Å². The summed E-state index contributed by atoms with van der Waals surface area (Å²) < 4.78 is 28.2. The zero-order valence-corrected chi connectivity index (χ0v) is 12.9. The van der Waals surface area contributed by atoms with Gasteiger partial charge in [-0.05, 0) is 40.5 Å². The Balaban J connectivity index is 2.23. The summed E-state index contributed by atoms with van der Waals surface area (Å²) in [6.45, 7) is 1.09. The molecule has 1 atom stereocenters. The van der Waals surface area contributed by atoms with Gasteiger partial charge in [0, 0.05) is 27.3 Å². The monoisotopic (exact) mass is 367 g/mol. The summed E-state index contributed by atoms with van der Waals surface area (Å²) >= 11 is 3.09. The van der Waals surface area contributed by atoms with Gasteiger partial charge in [-0.3, -0.25) is 4.79 Å². The molecule has 0 spiro atoms. The van der Waals surface area contributed by atoms with Gasteiger partial charge < -0.3 is 10.1 Å². The molecule has 8 heteroatoms. The average Bonchev–Trinajstić information content (AvgIpc) is 2.80. The van der Waals surface area contributed by atoms with Crippen LogP contribution in [0.4, 0.5) is 0 Å². The van der Waals surface area contributed by atoms with Crippen molar-refractivity contribution in [3.63, 3.8) is 0 Å². The number of amides is 1. The van der Waals surface area contributed by atoms with E-state index in [1.165, 1.54) is 18.2 Å². The van der Waals surface area contributed by atoms with Crippen molar-refractivity contribution in [1.82, 2.24) is 5.32 Å². The number of rotatable bonds is 3. The van der Waals surface area contributed by atoms with Gasteiger partial charge in [-0.1, -0.05) is 0 Å². The second kappa shape index (κ2) is 5.78. The predicted octanol–water partition coefficient (Wildman–Crippen LogP) is 1.90. The van der Waals surface area contributed by atoms with Crippen LogP contribution in [0.2, 0.25) is 0 Å². The summed E-state index contributed by atoms with van der Waals surface area (Å²) in [7, 11) is 1.41. The Morgan fingerprint density at radius 2 is 2.21 bits per heavy atom. The van der Waals surface area contributed by atoms with Crippen molar-refractivity contribution in [3.8, 4) is 0 Å². The Morgan fingerprint density at radius 1 is 1.47 bits per heavy atom. The third-order valence-corrected chi connectivity index (χ3v) is 5.04. The topological polar surface area (TPSA) is 72.5 Å². The molecule has 1 fully saturated rings. The fraction of sp³-hybridized carbons (Fsp3) is 0.364. The van der Waals surface area contributed by atoms with Gasteiger partial charge in [0.15, 0.2) is 0 Å². The molecule has 0 aromatic heterocycles. The van der Waals surface area contributed by atoms with E-state index < -0.39 is 9.05 Å². The lowest BCUT2D eigenvalue weighted by Gasteiger charge is -2.11. The third kappa shape index (κ3) is 3.68. The molecule has 0 saturated carbocycles. The lowest BCUT2D eigenvalue weighted by molar-refractivity contribution is 0.0929. The van der Waals surface area contributed by atoms with Gasteiger partial charge in [-0.15, -0.1) is 0 Å². The molecule has 2 rings (SSSR count). The van der Waals surface area contributed by atoms with Gasteiger partial charge in [0.1, 0.15) is 0 Å². The number of hydrogen-bond acceptors (Lipinski definition) is 4. The molecule has 104 valence electrons. The highest BCUT2D eigenvalue weighted by atomic mass is 79.9. The number of carbonyl (C=O) groups is 1. The van der Waals surface area contributed by atoms with Crippen LogP contribution in [-0.2, 0) is 13.8 Å². The summed E-state index contributed by atoms with van der Waals surface area (Å²) in [5.74, 6) is -0.343. The fourth-order valence-electron chi connectivity index (χ4n) is 1.75. The van der Waals surface area contributed by atoms with Crippen molar-refractivity contribution in [3.05, 3.63) is 28.2 Å². The van der Waals surface area contributed by atoms with E-state index in [1.54, 1.807) is 0 Å². The van der Waals surface area contributed by atoms with Crippen molar-refractivity contribution >= 4 is 41.6 Å². The van der Waals surface area contributed by atoms with Crippen molar-refractivity contribution < 1.29 is 17.9 Å². The van der Waals surface area contributed by atoms with E-state index >= 15 is 0 Å². The number of benzene rings is 1. The van der Waals surface area contributed by atoms with Crippen LogP contribution in [0, 0.1) is 0 Å². The van der Waals surface area contributed by atoms with Crippen LogP contribution in [0.5, 0.6) is 0 Å². The van der Waals surface area contributed by atoms with Crippen LogP contribution in [0.3, 0.4) is 0 Å². The second-order valence-corrected chi connectivity index (χ2v) is 7.51. The number of carbonyl (C=O) groups excluding carboxylic acids is 1. The van der Waals surface area contributed by atoms with Gasteiger partial charge >= 0.3 is 0 Å². The molecule has 1 aromatic rings. The largest absolute Gasteiger partial charge is 0.379 e. The van der Waals surface area contributed by atoms with Gasteiger partial charge in [-0.2, -0.15) is 0 Å². The first-order valence-electron chi connectivity index (χ1n) is 5.51. The van der Waals surface area contributed by atoms with E-state index in [0.29, 0.717) is 17.7 Å². The minimum atomic E-state index is -3.90. The van der Waals surface area contributed by atoms with Crippen molar-refractivity contribution in [2.45, 2.75) is 17.4 Å². The van der Waals surface area contributed by atoms with Crippen molar-refractivity contribution in [2.75, 3.05) is 13.2 Å². The number of nitrogens with one attached hydrogen (secondary N) is 1. The minimum absolute atomic E-state index is 0.0350. The molecule has 1 heterocycles. The lowest BCUT2D eigenvalue weighted by Crippen LogP contribution is -2.35. The molecule has 1 saturated heterocycles. The summed E-state index contributed by atoms with van der Waals surface area (Å²) in [4.78, 5) is 11.9. The van der Waals surface area contributed by atoms with Gasteiger partial charge in [0.25, 0.3) is 15.0 Å². The van der Waals surface area contributed by atoms with Crippen LogP contribution in [0.1, 0.15) is 16.8 Å². The molecular formula is C11H11BrClNO4S. The van der Waals surface area contributed by atoms with Crippen LogP contribution >= 0.6 is 26.6 Å². The first-order chi connectivity index (χ1) is 8.88. The van der Waals surface area contributed by atoms with Crippen LogP contribution in [0.15, 0.2) is 27.6 Å². The normalized spacial score (nSPS) is 19.4. The molecular weight excluding hydrogens is 358 g/mol. The van der Waals surface area contributed by atoms with Crippen molar-refractivity contribution in [1.29, 1.82) is 0 Å². The van der Waals surface area contributed by atoms with Crippen LogP contribution in [0.25, 0.3) is 0 Å². The smallest absolute Gasteiger partial charge is 0.262 e. The molecule has 0 aliphatic carbocycles. The molecule has 5 nitrogen and oxygen atoms in total. The van der Waals surface area contributed by atoms with Crippen LogP contribution in [-0.4, -0.2) is 33.6 Å². The zero-order valence-electron chi connectivity index (χ0n) is 9.73.